The number of carbonyl (C=O) groups is 1. The van der Waals surface area contributed by atoms with E-state index < -0.39 is 20.7 Å². The van der Waals surface area contributed by atoms with E-state index in [4.69, 9.17) is 0 Å². The van der Waals surface area contributed by atoms with Gasteiger partial charge in [0, 0.05) is 16.5 Å². The van der Waals surface area contributed by atoms with Crippen LogP contribution in [0.1, 0.15) is 48.5 Å². The number of thioether (sulfide) groups is 1. The van der Waals surface area contributed by atoms with Gasteiger partial charge in [-0.2, -0.15) is 11.8 Å². The zero-order valence-electron chi connectivity index (χ0n) is 14.3. The van der Waals surface area contributed by atoms with Crippen molar-refractivity contribution in [3.05, 3.63) is 0 Å². The molecule has 1 aliphatic heterocycles. The highest BCUT2D eigenvalue weighted by Crippen LogP contribution is 2.49. The molecule has 0 aliphatic carbocycles. The normalized spacial score (nSPS) is 32.1. The van der Waals surface area contributed by atoms with Crippen LogP contribution in [0, 0.1) is 5.92 Å². The highest BCUT2D eigenvalue weighted by atomic mass is 32.2. The molecule has 0 aromatic carbocycles. The Balaban J connectivity index is 3.34. The van der Waals surface area contributed by atoms with Crippen molar-refractivity contribution in [1.82, 2.24) is 4.90 Å². The first-order chi connectivity index (χ1) is 8.88. The number of carboxylic acid groups (broad SMARTS) is 1. The van der Waals surface area contributed by atoms with Crippen LogP contribution in [0.15, 0.2) is 0 Å². The van der Waals surface area contributed by atoms with Gasteiger partial charge in [0.25, 0.3) is 0 Å². The Labute approximate surface area is 130 Å². The van der Waals surface area contributed by atoms with Crippen LogP contribution < -0.4 is 0 Å². The molecule has 2 atom stereocenters. The van der Waals surface area contributed by atoms with E-state index in [-0.39, 0.29) is 9.79 Å². The molecule has 0 amide bonds. The van der Waals surface area contributed by atoms with Crippen LogP contribution in [0.4, 0.5) is 0 Å². The Morgan fingerprint density at radius 1 is 1.45 bits per heavy atom. The van der Waals surface area contributed by atoms with Crippen molar-refractivity contribution in [3.63, 3.8) is 0 Å². The van der Waals surface area contributed by atoms with Gasteiger partial charge in [-0.05, 0) is 38.8 Å². The molecule has 1 saturated heterocycles. The minimum Gasteiger partial charge on any atom is -0.480 e. The van der Waals surface area contributed by atoms with Crippen molar-refractivity contribution >= 4 is 27.3 Å². The maximum atomic E-state index is 12.3. The van der Waals surface area contributed by atoms with E-state index in [2.05, 4.69) is 53.4 Å². The predicted octanol–water partition coefficient (Wildman–Crippen LogP) is 2.64. The maximum Gasteiger partial charge on any atom is 0.321 e. The SMILES string of the molecule is CC1CSC(C)(C)[C@@]([SiH2]C(C)(C)C(C)C)(C(=O)O)N1C. The van der Waals surface area contributed by atoms with E-state index in [1.54, 1.807) is 0 Å². The second kappa shape index (κ2) is 5.65. The van der Waals surface area contributed by atoms with E-state index in [9.17, 15) is 9.90 Å². The van der Waals surface area contributed by atoms with E-state index in [1.165, 1.54) is 0 Å². The summed E-state index contributed by atoms with van der Waals surface area (Å²) in [5.74, 6) is 0.899. The van der Waals surface area contributed by atoms with E-state index in [0.717, 1.165) is 5.75 Å². The van der Waals surface area contributed by atoms with Crippen LogP contribution in [-0.4, -0.2) is 54.2 Å². The van der Waals surface area contributed by atoms with Gasteiger partial charge in [0.05, 0.1) is 9.52 Å². The Hall–Kier alpha value is -0.00312. The average molecular weight is 318 g/mol. The number of aliphatic carboxylic acids is 1. The van der Waals surface area contributed by atoms with Crippen molar-refractivity contribution in [2.45, 2.75) is 69.5 Å². The van der Waals surface area contributed by atoms with Crippen molar-refractivity contribution in [1.29, 1.82) is 0 Å². The summed E-state index contributed by atoms with van der Waals surface area (Å²) < 4.78 is -0.238. The lowest BCUT2D eigenvalue weighted by molar-refractivity contribution is -0.148. The van der Waals surface area contributed by atoms with E-state index in [0.29, 0.717) is 12.0 Å². The van der Waals surface area contributed by atoms with Crippen LogP contribution in [0.25, 0.3) is 0 Å². The second-order valence-electron chi connectivity index (χ2n) is 7.77. The van der Waals surface area contributed by atoms with Crippen LogP contribution in [0.2, 0.25) is 5.04 Å². The molecule has 0 radical (unpaired) electrons. The van der Waals surface area contributed by atoms with Gasteiger partial charge < -0.3 is 5.11 Å². The summed E-state index contributed by atoms with van der Waals surface area (Å²) in [7, 11) is 1.13. The van der Waals surface area contributed by atoms with Crippen molar-refractivity contribution in [2.24, 2.45) is 5.92 Å². The number of hydrogen-bond acceptors (Lipinski definition) is 3. The minimum absolute atomic E-state index is 0.127. The van der Waals surface area contributed by atoms with Gasteiger partial charge >= 0.3 is 5.97 Å². The lowest BCUT2D eigenvalue weighted by atomic mass is 9.97. The summed E-state index contributed by atoms with van der Waals surface area (Å²) >= 11 is 1.83. The molecule has 0 aromatic rings. The minimum atomic E-state index is -0.886. The first kappa shape index (κ1) is 18.0. The van der Waals surface area contributed by atoms with Gasteiger partial charge in [-0.15, -0.1) is 0 Å². The zero-order valence-corrected chi connectivity index (χ0v) is 16.5. The fourth-order valence-corrected chi connectivity index (χ4v) is 7.79. The van der Waals surface area contributed by atoms with Gasteiger partial charge in [-0.1, -0.05) is 27.7 Å². The number of hydrogen-bond donors (Lipinski definition) is 1. The third-order valence-corrected chi connectivity index (χ3v) is 11.5. The Bertz CT molecular complexity index is 384. The van der Waals surface area contributed by atoms with Gasteiger partial charge in [0.15, 0.2) is 0 Å². The average Bonchev–Trinajstić information content (AvgIpc) is 2.29. The lowest BCUT2D eigenvalue weighted by Crippen LogP contribution is -2.74. The Morgan fingerprint density at radius 3 is 2.35 bits per heavy atom. The molecule has 20 heavy (non-hydrogen) atoms. The Morgan fingerprint density at radius 2 is 1.95 bits per heavy atom. The topological polar surface area (TPSA) is 40.5 Å². The monoisotopic (exact) mass is 317 g/mol. The largest absolute Gasteiger partial charge is 0.480 e. The van der Waals surface area contributed by atoms with Crippen molar-refractivity contribution in [2.75, 3.05) is 12.8 Å². The quantitative estimate of drug-likeness (QED) is 0.809. The van der Waals surface area contributed by atoms with Crippen LogP contribution >= 0.6 is 11.8 Å². The molecule has 3 nitrogen and oxygen atoms in total. The third kappa shape index (κ3) is 2.81. The molecule has 0 bridgehead atoms. The molecular formula is C15H31NO2SSi. The van der Waals surface area contributed by atoms with Crippen LogP contribution in [0.3, 0.4) is 0 Å². The Kier molecular flexibility index (Phi) is 5.10. The molecule has 1 heterocycles. The summed E-state index contributed by atoms with van der Waals surface area (Å²) in [5.41, 5.74) is 0. The molecule has 0 aromatic heterocycles. The highest BCUT2D eigenvalue weighted by Gasteiger charge is 2.60. The van der Waals surface area contributed by atoms with Crippen molar-refractivity contribution in [3.8, 4) is 0 Å². The standard InChI is InChI=1S/C15H31NO2SSi/c1-10(2)13(4,5)20-15(12(17)18)14(6,7)19-9-11(3)16(15)8/h10-11H,9,20H2,1-8H3,(H,17,18)/t11?,15-/m0/s1. The molecular weight excluding hydrogens is 286 g/mol. The summed E-state index contributed by atoms with van der Waals surface area (Å²) in [5, 5.41) is 9.59. The molecule has 1 fully saturated rings. The van der Waals surface area contributed by atoms with Crippen LogP contribution in [-0.2, 0) is 4.79 Å². The molecule has 1 rings (SSSR count). The molecule has 0 saturated carbocycles. The summed E-state index contributed by atoms with van der Waals surface area (Å²) in [6.45, 7) is 15.3. The fourth-order valence-electron chi connectivity index (χ4n) is 3.05. The molecule has 1 unspecified atom stereocenters. The number of likely N-dealkylation sites (N-methyl/N-ethyl adjacent to an activating group) is 1. The molecule has 118 valence electrons. The summed E-state index contributed by atoms with van der Waals surface area (Å²) in [6, 6.07) is 0.319. The van der Waals surface area contributed by atoms with Gasteiger partial charge in [-0.25, -0.2) is 0 Å². The first-order valence-corrected chi connectivity index (χ1v) is 9.89. The van der Waals surface area contributed by atoms with Gasteiger partial charge in [0.2, 0.25) is 0 Å². The zero-order chi connectivity index (χ0) is 15.9. The summed E-state index contributed by atoms with van der Waals surface area (Å²) in [4.78, 5) is 14.5. The highest BCUT2D eigenvalue weighted by molar-refractivity contribution is 8.00. The second-order valence-corrected chi connectivity index (χ2v) is 12.6. The van der Waals surface area contributed by atoms with Gasteiger partial charge in [0.1, 0.15) is 5.16 Å². The predicted molar refractivity (Wildman–Crippen MR) is 91.6 cm³/mol. The number of carboxylic acids is 1. The molecule has 0 spiro atoms. The molecule has 5 heteroatoms. The molecule has 1 aliphatic rings. The number of rotatable bonds is 4. The third-order valence-electron chi connectivity index (χ3n) is 5.57. The number of nitrogens with zero attached hydrogens (tertiary/aromatic N) is 1. The van der Waals surface area contributed by atoms with Crippen molar-refractivity contribution < 1.29 is 9.90 Å². The first-order valence-electron chi connectivity index (χ1n) is 7.49. The van der Waals surface area contributed by atoms with Gasteiger partial charge in [-0.3, -0.25) is 9.69 Å². The summed E-state index contributed by atoms with van der Waals surface area (Å²) in [6.07, 6.45) is 0. The van der Waals surface area contributed by atoms with E-state index >= 15 is 0 Å². The lowest BCUT2D eigenvalue weighted by Gasteiger charge is -2.57. The van der Waals surface area contributed by atoms with Crippen LogP contribution in [0.5, 0.6) is 0 Å². The fraction of sp³-hybridized carbons (Fsp3) is 0.933. The maximum absolute atomic E-state index is 12.3. The van der Waals surface area contributed by atoms with E-state index in [1.807, 2.05) is 18.8 Å². The molecule has 1 N–H and O–H groups in total. The smallest absolute Gasteiger partial charge is 0.321 e.